The zero-order chi connectivity index (χ0) is 20.4. The number of nitrogens with zero attached hydrogens (tertiary/aromatic N) is 1. The first-order valence-corrected chi connectivity index (χ1v) is 9.89. The van der Waals surface area contributed by atoms with Crippen LogP contribution in [-0.2, 0) is 6.54 Å². The lowest BCUT2D eigenvalue weighted by Crippen LogP contribution is -2.23. The third kappa shape index (κ3) is 4.15. The van der Waals surface area contributed by atoms with Gasteiger partial charge in [-0.05, 0) is 60.9 Å². The molecule has 1 amide bonds. The van der Waals surface area contributed by atoms with Crippen molar-refractivity contribution in [3.8, 4) is 11.3 Å². The highest BCUT2D eigenvalue weighted by Crippen LogP contribution is 2.26. The third-order valence-electron chi connectivity index (χ3n) is 5.13. The van der Waals surface area contributed by atoms with E-state index in [-0.39, 0.29) is 5.91 Å². The van der Waals surface area contributed by atoms with Crippen molar-refractivity contribution in [2.24, 2.45) is 0 Å². The first-order valence-electron chi connectivity index (χ1n) is 9.51. The number of carbonyl (C=O) groups is 1. The average molecular weight is 401 g/mol. The van der Waals surface area contributed by atoms with E-state index in [0.29, 0.717) is 17.1 Å². The quantitative estimate of drug-likeness (QED) is 0.449. The molecule has 0 radical (unpaired) electrons. The van der Waals surface area contributed by atoms with E-state index < -0.39 is 0 Å². The molecule has 29 heavy (non-hydrogen) atoms. The SMILES string of the molecule is Cc1ccc(-c2cc(C(=O)NCc3ccc(Cl)cc3)c3ccccc3n2)cc1C. The summed E-state index contributed by atoms with van der Waals surface area (Å²) in [6.07, 6.45) is 0. The van der Waals surface area contributed by atoms with E-state index in [4.69, 9.17) is 16.6 Å². The number of carbonyl (C=O) groups excluding carboxylic acids is 1. The lowest BCUT2D eigenvalue weighted by Gasteiger charge is -2.12. The van der Waals surface area contributed by atoms with Gasteiger partial charge in [-0.25, -0.2) is 4.98 Å². The minimum Gasteiger partial charge on any atom is -0.348 e. The van der Waals surface area contributed by atoms with E-state index in [1.807, 2.05) is 54.6 Å². The van der Waals surface area contributed by atoms with E-state index in [9.17, 15) is 4.79 Å². The fourth-order valence-corrected chi connectivity index (χ4v) is 3.42. The molecular formula is C25H21ClN2O. The fraction of sp³-hybridized carbons (Fsp3) is 0.120. The highest BCUT2D eigenvalue weighted by molar-refractivity contribution is 6.30. The van der Waals surface area contributed by atoms with Gasteiger partial charge < -0.3 is 5.32 Å². The van der Waals surface area contributed by atoms with Gasteiger partial charge in [0.2, 0.25) is 0 Å². The number of pyridine rings is 1. The minimum absolute atomic E-state index is 0.122. The van der Waals surface area contributed by atoms with Crippen LogP contribution >= 0.6 is 11.6 Å². The van der Waals surface area contributed by atoms with Gasteiger partial charge in [-0.2, -0.15) is 0 Å². The largest absolute Gasteiger partial charge is 0.348 e. The van der Waals surface area contributed by atoms with Gasteiger partial charge in [0.15, 0.2) is 0 Å². The van der Waals surface area contributed by atoms with Gasteiger partial charge in [-0.3, -0.25) is 4.79 Å². The number of nitrogens with one attached hydrogen (secondary N) is 1. The summed E-state index contributed by atoms with van der Waals surface area (Å²) in [7, 11) is 0. The molecule has 1 heterocycles. The van der Waals surface area contributed by atoms with Gasteiger partial charge in [-0.1, -0.05) is 54.1 Å². The lowest BCUT2D eigenvalue weighted by molar-refractivity contribution is 0.0952. The normalized spacial score (nSPS) is 10.9. The lowest BCUT2D eigenvalue weighted by atomic mass is 10.0. The molecule has 1 N–H and O–H groups in total. The maximum Gasteiger partial charge on any atom is 0.252 e. The number of hydrogen-bond donors (Lipinski definition) is 1. The van der Waals surface area contributed by atoms with Crippen LogP contribution in [0.4, 0.5) is 0 Å². The fourth-order valence-electron chi connectivity index (χ4n) is 3.29. The summed E-state index contributed by atoms with van der Waals surface area (Å²) >= 11 is 5.94. The Balaban J connectivity index is 1.71. The van der Waals surface area contributed by atoms with Crippen LogP contribution in [0.1, 0.15) is 27.0 Å². The van der Waals surface area contributed by atoms with Crippen molar-refractivity contribution in [1.82, 2.24) is 10.3 Å². The minimum atomic E-state index is -0.122. The van der Waals surface area contributed by atoms with Gasteiger partial charge in [0.1, 0.15) is 0 Å². The number of para-hydroxylation sites is 1. The zero-order valence-electron chi connectivity index (χ0n) is 16.4. The second-order valence-corrected chi connectivity index (χ2v) is 7.62. The van der Waals surface area contributed by atoms with Crippen LogP contribution in [0, 0.1) is 13.8 Å². The summed E-state index contributed by atoms with van der Waals surface area (Å²) in [5, 5.41) is 4.54. The molecule has 0 aliphatic rings. The van der Waals surface area contributed by atoms with E-state index in [1.54, 1.807) is 0 Å². The number of aromatic nitrogens is 1. The molecule has 0 saturated carbocycles. The molecular weight excluding hydrogens is 380 g/mol. The molecule has 4 heteroatoms. The molecule has 4 aromatic rings. The summed E-state index contributed by atoms with van der Waals surface area (Å²) in [4.78, 5) is 17.8. The van der Waals surface area contributed by atoms with E-state index in [1.165, 1.54) is 11.1 Å². The van der Waals surface area contributed by atoms with Crippen LogP contribution in [0.15, 0.2) is 72.8 Å². The molecule has 0 fully saturated rings. The number of amides is 1. The number of rotatable bonds is 4. The average Bonchev–Trinajstić information content (AvgIpc) is 2.74. The molecule has 1 aromatic heterocycles. The number of benzene rings is 3. The third-order valence-corrected chi connectivity index (χ3v) is 5.38. The molecule has 4 rings (SSSR count). The number of hydrogen-bond acceptors (Lipinski definition) is 2. The maximum absolute atomic E-state index is 13.0. The Hall–Kier alpha value is -3.17. The van der Waals surface area contributed by atoms with Crippen molar-refractivity contribution in [3.05, 3.63) is 100 Å². The maximum atomic E-state index is 13.0. The number of aryl methyl sites for hydroxylation is 2. The Bertz CT molecular complexity index is 1200. The standard InChI is InChI=1S/C25H21ClN2O/c1-16-7-10-19(13-17(16)2)24-14-22(21-5-3-4-6-23(21)28-24)25(29)27-15-18-8-11-20(26)12-9-18/h3-14H,15H2,1-2H3,(H,27,29). The summed E-state index contributed by atoms with van der Waals surface area (Å²) in [6.45, 7) is 4.60. The molecule has 0 aliphatic carbocycles. The Morgan fingerprint density at radius 1 is 0.931 bits per heavy atom. The van der Waals surface area contributed by atoms with Crippen LogP contribution in [-0.4, -0.2) is 10.9 Å². The summed E-state index contributed by atoms with van der Waals surface area (Å²) in [6, 6.07) is 23.3. The molecule has 144 valence electrons. The second-order valence-electron chi connectivity index (χ2n) is 7.18. The first kappa shape index (κ1) is 19.2. The van der Waals surface area contributed by atoms with Crippen LogP contribution in [0.2, 0.25) is 5.02 Å². The van der Waals surface area contributed by atoms with Crippen LogP contribution in [0.25, 0.3) is 22.2 Å². The van der Waals surface area contributed by atoms with Crippen LogP contribution in [0.5, 0.6) is 0 Å². The van der Waals surface area contributed by atoms with E-state index in [2.05, 4.69) is 37.4 Å². The Morgan fingerprint density at radius 3 is 2.45 bits per heavy atom. The van der Waals surface area contributed by atoms with E-state index in [0.717, 1.165) is 27.7 Å². The summed E-state index contributed by atoms with van der Waals surface area (Å²) < 4.78 is 0. The molecule has 0 unspecified atom stereocenters. The monoisotopic (exact) mass is 400 g/mol. The molecule has 0 bridgehead atoms. The van der Waals surface area contributed by atoms with Gasteiger partial charge >= 0.3 is 0 Å². The first-order chi connectivity index (χ1) is 14.0. The van der Waals surface area contributed by atoms with Crippen molar-refractivity contribution in [3.63, 3.8) is 0 Å². The molecule has 3 nitrogen and oxygen atoms in total. The van der Waals surface area contributed by atoms with Crippen LogP contribution in [0.3, 0.4) is 0 Å². The van der Waals surface area contributed by atoms with Gasteiger partial charge in [0.05, 0.1) is 16.8 Å². The zero-order valence-corrected chi connectivity index (χ0v) is 17.1. The number of halogens is 1. The second kappa shape index (κ2) is 8.06. The highest BCUT2D eigenvalue weighted by atomic mass is 35.5. The summed E-state index contributed by atoms with van der Waals surface area (Å²) in [5.41, 5.74) is 6.66. The molecule has 0 atom stereocenters. The Labute approximate surface area is 175 Å². The van der Waals surface area contributed by atoms with Crippen molar-refractivity contribution in [2.45, 2.75) is 20.4 Å². The van der Waals surface area contributed by atoms with Crippen molar-refractivity contribution < 1.29 is 4.79 Å². The topological polar surface area (TPSA) is 42.0 Å². The predicted molar refractivity (Wildman–Crippen MR) is 119 cm³/mol. The predicted octanol–water partition coefficient (Wildman–Crippen LogP) is 6.10. The smallest absolute Gasteiger partial charge is 0.252 e. The summed E-state index contributed by atoms with van der Waals surface area (Å²) in [5.74, 6) is -0.122. The Kier molecular flexibility index (Phi) is 5.32. The highest BCUT2D eigenvalue weighted by Gasteiger charge is 2.14. The molecule has 0 saturated heterocycles. The van der Waals surface area contributed by atoms with Crippen molar-refractivity contribution in [1.29, 1.82) is 0 Å². The van der Waals surface area contributed by atoms with Crippen molar-refractivity contribution in [2.75, 3.05) is 0 Å². The van der Waals surface area contributed by atoms with E-state index >= 15 is 0 Å². The Morgan fingerprint density at radius 2 is 1.69 bits per heavy atom. The molecule has 0 aliphatic heterocycles. The van der Waals surface area contributed by atoms with Gasteiger partial charge in [0, 0.05) is 22.5 Å². The molecule has 0 spiro atoms. The van der Waals surface area contributed by atoms with Crippen molar-refractivity contribution >= 4 is 28.4 Å². The van der Waals surface area contributed by atoms with Gasteiger partial charge in [0.25, 0.3) is 5.91 Å². The number of fused-ring (bicyclic) bond motifs is 1. The van der Waals surface area contributed by atoms with Gasteiger partial charge in [-0.15, -0.1) is 0 Å². The molecule has 3 aromatic carbocycles. The van der Waals surface area contributed by atoms with Crippen LogP contribution < -0.4 is 5.32 Å².